The van der Waals surface area contributed by atoms with Crippen molar-refractivity contribution in [2.75, 3.05) is 7.05 Å². The van der Waals surface area contributed by atoms with E-state index < -0.39 is 28.2 Å². The van der Waals surface area contributed by atoms with Gasteiger partial charge in [0.2, 0.25) is 21.8 Å². The van der Waals surface area contributed by atoms with Crippen LogP contribution in [0.2, 0.25) is 0 Å². The van der Waals surface area contributed by atoms with Gasteiger partial charge < -0.3 is 15.0 Å². The van der Waals surface area contributed by atoms with E-state index in [4.69, 9.17) is 5.14 Å². The highest BCUT2D eigenvalue weighted by molar-refractivity contribution is 7.89. The monoisotopic (exact) mass is 589 g/mol. The molecule has 0 saturated heterocycles. The van der Waals surface area contributed by atoms with Crippen LogP contribution < -0.4 is 15.2 Å². The molecular weight excluding hydrogens is 559 g/mol. The van der Waals surface area contributed by atoms with Crippen molar-refractivity contribution in [3.8, 4) is 16.9 Å². The van der Waals surface area contributed by atoms with Crippen LogP contribution in [-0.2, 0) is 32.7 Å². The fourth-order valence-corrected chi connectivity index (χ4v) is 5.88. The molecule has 0 heterocycles. The van der Waals surface area contributed by atoms with E-state index in [0.29, 0.717) is 36.0 Å². The zero-order valence-electron chi connectivity index (χ0n) is 22.2. The number of hydrogen-bond donors (Lipinski definition) is 2. The molecule has 1 fully saturated rings. The van der Waals surface area contributed by atoms with Crippen LogP contribution >= 0.6 is 0 Å². The van der Waals surface area contributed by atoms with E-state index in [-0.39, 0.29) is 35.5 Å². The number of halogens is 3. The Labute approximate surface area is 236 Å². The topological polar surface area (TPSA) is 119 Å². The smallest absolute Gasteiger partial charge is 0.406 e. The molecule has 2 unspecified atom stereocenters. The predicted molar refractivity (Wildman–Crippen MR) is 146 cm³/mol. The third-order valence-electron chi connectivity index (χ3n) is 7.02. The summed E-state index contributed by atoms with van der Waals surface area (Å²) in [5.41, 5.74) is 2.40. The highest BCUT2D eigenvalue weighted by atomic mass is 32.2. The zero-order chi connectivity index (χ0) is 29.8. The second kappa shape index (κ2) is 12.3. The van der Waals surface area contributed by atoms with Gasteiger partial charge in [-0.1, -0.05) is 61.0 Å². The second-order valence-electron chi connectivity index (χ2n) is 9.99. The van der Waals surface area contributed by atoms with Crippen molar-refractivity contribution >= 4 is 21.8 Å². The summed E-state index contributed by atoms with van der Waals surface area (Å²) < 4.78 is 65.3. The summed E-state index contributed by atoms with van der Waals surface area (Å²) in [5, 5.41) is 8.09. The Kier molecular flexibility index (Phi) is 9.03. The Morgan fingerprint density at radius 2 is 1.66 bits per heavy atom. The molecule has 8 nitrogen and oxygen atoms in total. The van der Waals surface area contributed by atoms with Crippen molar-refractivity contribution in [3.05, 3.63) is 83.9 Å². The first kappa shape index (κ1) is 30.1. The van der Waals surface area contributed by atoms with E-state index in [2.05, 4.69) is 10.1 Å². The molecule has 1 aliphatic carbocycles. The van der Waals surface area contributed by atoms with Crippen LogP contribution in [0.1, 0.15) is 30.4 Å². The van der Waals surface area contributed by atoms with Crippen molar-refractivity contribution in [1.29, 1.82) is 0 Å². The van der Waals surface area contributed by atoms with Gasteiger partial charge in [-0.25, -0.2) is 13.6 Å². The van der Waals surface area contributed by atoms with Gasteiger partial charge >= 0.3 is 6.36 Å². The highest BCUT2D eigenvalue weighted by Crippen LogP contribution is 2.34. The maximum absolute atomic E-state index is 13.3. The first-order valence-corrected chi connectivity index (χ1v) is 14.4. The maximum atomic E-state index is 13.3. The number of nitrogens with zero attached hydrogens (tertiary/aromatic N) is 1. The molecule has 0 radical (unpaired) electrons. The zero-order valence-corrected chi connectivity index (χ0v) is 23.0. The molecule has 0 aliphatic heterocycles. The third kappa shape index (κ3) is 7.86. The minimum atomic E-state index is -4.81. The number of carbonyl (C=O) groups excluding carboxylic acids is 2. The predicted octanol–water partition coefficient (Wildman–Crippen LogP) is 4.59. The number of ether oxygens (including phenoxy) is 1. The lowest BCUT2D eigenvalue weighted by molar-refractivity contribution is -0.274. The molecular formula is C29H30F3N3O5S. The molecule has 41 heavy (non-hydrogen) atoms. The summed E-state index contributed by atoms with van der Waals surface area (Å²) in [6, 6.07) is 18.9. The van der Waals surface area contributed by atoms with Crippen LogP contribution in [0.5, 0.6) is 5.75 Å². The summed E-state index contributed by atoms with van der Waals surface area (Å²) in [5.74, 6) is -1.93. The molecule has 1 aliphatic rings. The number of primary sulfonamides is 1. The number of sulfonamides is 1. The van der Waals surface area contributed by atoms with Gasteiger partial charge in [0.25, 0.3) is 0 Å². The number of amides is 2. The number of hydrogen-bond acceptors (Lipinski definition) is 5. The van der Waals surface area contributed by atoms with Crippen molar-refractivity contribution in [3.63, 3.8) is 0 Å². The Bertz CT molecular complexity index is 1510. The number of alkyl halides is 3. The molecule has 218 valence electrons. The third-order valence-corrected chi connectivity index (χ3v) is 7.99. The first-order valence-electron chi connectivity index (χ1n) is 12.9. The molecule has 4 rings (SSSR count). The summed E-state index contributed by atoms with van der Waals surface area (Å²) in [6.07, 6.45) is -3.02. The van der Waals surface area contributed by atoms with E-state index in [1.807, 2.05) is 0 Å². The second-order valence-corrected chi connectivity index (χ2v) is 11.5. The SMILES string of the molecule is CN(Cc1ccc(-c2ccccc2S(N)(=O)=O)cc1)C(=O)C1CCCC1C(=O)NCc1cccc(OC(F)(F)F)c1. The minimum Gasteiger partial charge on any atom is -0.406 e. The summed E-state index contributed by atoms with van der Waals surface area (Å²) in [4.78, 5) is 27.8. The fraction of sp³-hybridized carbons (Fsp3) is 0.310. The number of nitrogens with one attached hydrogen (secondary N) is 1. The lowest BCUT2D eigenvalue weighted by Crippen LogP contribution is -2.40. The van der Waals surface area contributed by atoms with Crippen LogP contribution in [0, 0.1) is 11.8 Å². The van der Waals surface area contributed by atoms with E-state index in [1.54, 1.807) is 60.5 Å². The molecule has 0 spiro atoms. The first-order chi connectivity index (χ1) is 19.3. The van der Waals surface area contributed by atoms with E-state index in [9.17, 15) is 31.2 Å². The lowest BCUT2D eigenvalue weighted by atomic mass is 9.93. The average Bonchev–Trinajstić information content (AvgIpc) is 3.41. The molecule has 3 aromatic carbocycles. The van der Waals surface area contributed by atoms with Crippen LogP contribution in [0.15, 0.2) is 77.7 Å². The lowest BCUT2D eigenvalue weighted by Gasteiger charge is -2.25. The Balaban J connectivity index is 1.36. The van der Waals surface area contributed by atoms with Crippen LogP contribution in [0.25, 0.3) is 11.1 Å². The summed E-state index contributed by atoms with van der Waals surface area (Å²) in [6.45, 7) is 0.287. The molecule has 3 N–H and O–H groups in total. The molecule has 2 amide bonds. The van der Waals surface area contributed by atoms with E-state index in [1.165, 1.54) is 24.3 Å². The van der Waals surface area contributed by atoms with Crippen LogP contribution in [0.4, 0.5) is 13.2 Å². The quantitative estimate of drug-likeness (QED) is 0.379. The number of benzene rings is 3. The van der Waals surface area contributed by atoms with Crippen molar-refractivity contribution in [2.45, 2.75) is 43.6 Å². The molecule has 12 heteroatoms. The maximum Gasteiger partial charge on any atom is 0.573 e. The van der Waals surface area contributed by atoms with Gasteiger partial charge in [-0.2, -0.15) is 0 Å². The van der Waals surface area contributed by atoms with Crippen LogP contribution in [-0.4, -0.2) is 38.5 Å². The van der Waals surface area contributed by atoms with Gasteiger partial charge in [0, 0.05) is 37.5 Å². The Morgan fingerprint density at radius 1 is 0.976 bits per heavy atom. The summed E-state index contributed by atoms with van der Waals surface area (Å²) in [7, 11) is -2.25. The fourth-order valence-electron chi connectivity index (χ4n) is 5.12. The Morgan fingerprint density at radius 3 is 2.34 bits per heavy atom. The minimum absolute atomic E-state index is 0.00206. The molecule has 3 aromatic rings. The molecule has 2 atom stereocenters. The normalized spacial score (nSPS) is 17.2. The highest BCUT2D eigenvalue weighted by Gasteiger charge is 2.39. The van der Waals surface area contributed by atoms with Crippen molar-refractivity contribution in [1.82, 2.24) is 10.2 Å². The molecule has 0 bridgehead atoms. The van der Waals surface area contributed by atoms with E-state index >= 15 is 0 Å². The standard InChI is InChI=1S/C29H30F3N3O5S/c1-35(18-19-12-14-21(15-13-19)23-8-2-3-11-26(23)41(33,38)39)28(37)25-10-5-9-24(25)27(36)34-17-20-6-4-7-22(16-20)40-29(30,31)32/h2-4,6-8,11-16,24-25H,5,9-10,17-18H2,1H3,(H,34,36)(H2,33,38,39). The number of carbonyl (C=O) groups is 2. The number of nitrogens with two attached hydrogens (primary N) is 1. The number of rotatable bonds is 9. The molecule has 1 saturated carbocycles. The van der Waals surface area contributed by atoms with Gasteiger partial charge in [0.15, 0.2) is 0 Å². The largest absolute Gasteiger partial charge is 0.573 e. The Hall–Kier alpha value is -3.90. The summed E-state index contributed by atoms with van der Waals surface area (Å²) >= 11 is 0. The van der Waals surface area contributed by atoms with Gasteiger partial charge in [0.05, 0.1) is 4.90 Å². The average molecular weight is 590 g/mol. The van der Waals surface area contributed by atoms with Gasteiger partial charge in [-0.3, -0.25) is 9.59 Å². The van der Waals surface area contributed by atoms with Crippen molar-refractivity contribution < 1.29 is 35.9 Å². The molecule has 0 aromatic heterocycles. The van der Waals surface area contributed by atoms with Gasteiger partial charge in [-0.15, -0.1) is 13.2 Å². The van der Waals surface area contributed by atoms with Gasteiger partial charge in [-0.05, 0) is 47.7 Å². The van der Waals surface area contributed by atoms with Crippen LogP contribution in [0.3, 0.4) is 0 Å². The van der Waals surface area contributed by atoms with Gasteiger partial charge in [0.1, 0.15) is 5.75 Å². The van der Waals surface area contributed by atoms with E-state index in [0.717, 1.165) is 5.56 Å². The van der Waals surface area contributed by atoms with Crippen molar-refractivity contribution in [2.24, 2.45) is 17.0 Å².